The van der Waals surface area contributed by atoms with Gasteiger partial charge in [0.25, 0.3) is 0 Å². The van der Waals surface area contributed by atoms with Gasteiger partial charge < -0.3 is 25.2 Å². The number of hydrogen-bond donors (Lipinski definition) is 3. The maximum Gasteiger partial charge on any atom is 0.191 e. The van der Waals surface area contributed by atoms with Gasteiger partial charge in [-0.2, -0.15) is 11.3 Å². The van der Waals surface area contributed by atoms with Crippen molar-refractivity contribution >= 4 is 41.3 Å². The van der Waals surface area contributed by atoms with Crippen molar-refractivity contribution in [1.29, 1.82) is 0 Å². The summed E-state index contributed by atoms with van der Waals surface area (Å²) in [7, 11) is 0. The van der Waals surface area contributed by atoms with Gasteiger partial charge in [-0.25, -0.2) is 4.99 Å². The van der Waals surface area contributed by atoms with Crippen LogP contribution in [0.25, 0.3) is 0 Å². The highest BCUT2D eigenvalue weighted by molar-refractivity contribution is 14.0. The zero-order chi connectivity index (χ0) is 21.9. The highest BCUT2D eigenvalue weighted by Crippen LogP contribution is 2.22. The van der Waals surface area contributed by atoms with Crippen LogP contribution >= 0.6 is 35.3 Å². The minimum Gasteiger partial charge on any atom is -0.492 e. The largest absolute Gasteiger partial charge is 0.492 e. The maximum atomic E-state index is 10.8. The van der Waals surface area contributed by atoms with Crippen molar-refractivity contribution in [3.63, 3.8) is 0 Å². The van der Waals surface area contributed by atoms with E-state index in [2.05, 4.69) is 15.5 Å². The number of rotatable bonds is 10. The summed E-state index contributed by atoms with van der Waals surface area (Å²) in [5, 5.41) is 21.2. The molecule has 1 atom stereocenters. The van der Waals surface area contributed by atoms with E-state index >= 15 is 0 Å². The molecule has 3 rings (SSSR count). The summed E-state index contributed by atoms with van der Waals surface area (Å²) in [6.45, 7) is 10.5. The van der Waals surface area contributed by atoms with E-state index in [9.17, 15) is 5.11 Å². The molecule has 9 heteroatoms. The molecular weight excluding hydrogens is 539 g/mol. The number of halogens is 1. The third-order valence-corrected chi connectivity index (χ3v) is 5.92. The molecule has 1 aromatic heterocycles. The van der Waals surface area contributed by atoms with Gasteiger partial charge in [0, 0.05) is 31.7 Å². The van der Waals surface area contributed by atoms with E-state index in [1.165, 1.54) is 0 Å². The monoisotopic (exact) mass is 574 g/mol. The van der Waals surface area contributed by atoms with Gasteiger partial charge in [-0.3, -0.25) is 4.90 Å². The Balaban J connectivity index is 0.00000363. The first-order chi connectivity index (χ1) is 15.1. The van der Waals surface area contributed by atoms with Crippen molar-refractivity contribution in [1.82, 2.24) is 15.5 Å². The Bertz CT molecular complexity index is 811. The summed E-state index contributed by atoms with van der Waals surface area (Å²) in [5.74, 6) is 1.53. The Kier molecular flexibility index (Phi) is 11.7. The Morgan fingerprint density at radius 3 is 2.75 bits per heavy atom. The first-order valence-corrected chi connectivity index (χ1v) is 11.8. The quantitative estimate of drug-likeness (QED) is 0.230. The third kappa shape index (κ3) is 8.51. The van der Waals surface area contributed by atoms with Crippen LogP contribution in [0.2, 0.25) is 0 Å². The summed E-state index contributed by atoms with van der Waals surface area (Å²) in [5.41, 5.74) is 0.975. The van der Waals surface area contributed by atoms with Crippen LogP contribution in [0.3, 0.4) is 0 Å². The molecule has 2 aromatic rings. The second-order valence-corrected chi connectivity index (χ2v) is 8.52. The highest BCUT2D eigenvalue weighted by Gasteiger charge is 2.23. The second-order valence-electron chi connectivity index (χ2n) is 7.74. The molecule has 1 unspecified atom stereocenters. The van der Waals surface area contributed by atoms with E-state index in [-0.39, 0.29) is 24.0 Å². The molecule has 7 nitrogen and oxygen atoms in total. The fourth-order valence-corrected chi connectivity index (χ4v) is 4.10. The minimum absolute atomic E-state index is 0. The summed E-state index contributed by atoms with van der Waals surface area (Å²) in [6, 6.07) is 9.96. The molecule has 1 aromatic carbocycles. The Morgan fingerprint density at radius 1 is 1.25 bits per heavy atom. The molecule has 0 saturated carbocycles. The number of aliphatic imine (C=N–C) groups is 1. The van der Waals surface area contributed by atoms with Crippen molar-refractivity contribution in [2.75, 3.05) is 52.5 Å². The van der Waals surface area contributed by atoms with E-state index in [0.29, 0.717) is 25.7 Å². The van der Waals surface area contributed by atoms with E-state index < -0.39 is 5.60 Å². The van der Waals surface area contributed by atoms with Crippen LogP contribution in [0.15, 0.2) is 46.1 Å². The van der Waals surface area contributed by atoms with Gasteiger partial charge in [-0.15, -0.1) is 24.0 Å². The van der Waals surface area contributed by atoms with E-state index in [0.717, 1.165) is 56.3 Å². The van der Waals surface area contributed by atoms with Gasteiger partial charge >= 0.3 is 0 Å². The molecule has 178 valence electrons. The molecule has 0 radical (unpaired) electrons. The molecule has 2 heterocycles. The molecule has 0 spiro atoms. The lowest BCUT2D eigenvalue weighted by Gasteiger charge is -2.26. The summed E-state index contributed by atoms with van der Waals surface area (Å²) >= 11 is 1.58. The molecule has 0 amide bonds. The van der Waals surface area contributed by atoms with E-state index in [4.69, 9.17) is 14.5 Å². The number of guanidine groups is 1. The van der Waals surface area contributed by atoms with Crippen LogP contribution in [-0.4, -0.2) is 68.5 Å². The van der Waals surface area contributed by atoms with Crippen LogP contribution < -0.4 is 15.4 Å². The van der Waals surface area contributed by atoms with Gasteiger partial charge in [0.2, 0.25) is 0 Å². The number of benzene rings is 1. The van der Waals surface area contributed by atoms with Gasteiger partial charge in [0.05, 0.1) is 26.3 Å². The molecule has 0 aliphatic carbocycles. The SMILES string of the molecule is CCNC(=NCc1ccccc1OCCN1CCOCC1)NCC(C)(O)c1ccsc1.I. The average molecular weight is 575 g/mol. The molecular formula is C23H35IN4O3S. The van der Waals surface area contributed by atoms with Gasteiger partial charge in [0.15, 0.2) is 5.96 Å². The molecule has 1 fully saturated rings. The Labute approximate surface area is 212 Å². The van der Waals surface area contributed by atoms with Gasteiger partial charge in [0.1, 0.15) is 18.0 Å². The lowest BCUT2D eigenvalue weighted by molar-refractivity contribution is 0.0322. The number of nitrogens with one attached hydrogen (secondary N) is 2. The fraction of sp³-hybridized carbons (Fsp3) is 0.522. The van der Waals surface area contributed by atoms with Crippen molar-refractivity contribution in [3.8, 4) is 5.75 Å². The summed E-state index contributed by atoms with van der Waals surface area (Å²) in [6.07, 6.45) is 0. The fourth-order valence-electron chi connectivity index (χ4n) is 3.32. The normalized spacial score (nSPS) is 16.7. The molecule has 0 bridgehead atoms. The van der Waals surface area contributed by atoms with E-state index in [1.807, 2.05) is 54.9 Å². The molecule has 3 N–H and O–H groups in total. The van der Waals surface area contributed by atoms with Gasteiger partial charge in [-0.1, -0.05) is 18.2 Å². The summed E-state index contributed by atoms with van der Waals surface area (Å²) < 4.78 is 11.5. The number of thiophene rings is 1. The lowest BCUT2D eigenvalue weighted by atomic mass is 9.99. The van der Waals surface area contributed by atoms with Crippen molar-refractivity contribution in [2.24, 2.45) is 4.99 Å². The topological polar surface area (TPSA) is 78.4 Å². The molecule has 1 saturated heterocycles. The van der Waals surface area contributed by atoms with Crippen molar-refractivity contribution < 1.29 is 14.6 Å². The number of nitrogens with zero attached hydrogens (tertiary/aromatic N) is 2. The Morgan fingerprint density at radius 2 is 2.03 bits per heavy atom. The third-order valence-electron chi connectivity index (χ3n) is 5.24. The summed E-state index contributed by atoms with van der Waals surface area (Å²) in [4.78, 5) is 7.06. The van der Waals surface area contributed by atoms with E-state index in [1.54, 1.807) is 11.3 Å². The molecule has 1 aliphatic heterocycles. The average Bonchev–Trinajstić information content (AvgIpc) is 3.33. The smallest absolute Gasteiger partial charge is 0.191 e. The second kappa shape index (κ2) is 14.0. The number of hydrogen-bond acceptors (Lipinski definition) is 6. The predicted octanol–water partition coefficient (Wildman–Crippen LogP) is 3.04. The van der Waals surface area contributed by atoms with Crippen LogP contribution in [-0.2, 0) is 16.9 Å². The standard InChI is InChI=1S/C23H34N4O3S.HI/c1-3-24-22(26-18-23(2,28)20-8-15-31-17-20)25-16-19-6-4-5-7-21(19)30-14-11-27-9-12-29-13-10-27;/h4-8,15,17,28H,3,9-14,16,18H2,1-2H3,(H2,24,25,26);1H. The predicted molar refractivity (Wildman–Crippen MR) is 141 cm³/mol. The number of ether oxygens (including phenoxy) is 2. The van der Waals surface area contributed by atoms with Gasteiger partial charge in [-0.05, 0) is 42.3 Å². The highest BCUT2D eigenvalue weighted by atomic mass is 127. The van der Waals surface area contributed by atoms with Crippen molar-refractivity contribution in [3.05, 3.63) is 52.2 Å². The van der Waals surface area contributed by atoms with Crippen LogP contribution in [0.1, 0.15) is 25.0 Å². The van der Waals surface area contributed by atoms with Crippen LogP contribution in [0.4, 0.5) is 0 Å². The molecule has 1 aliphatic rings. The zero-order valence-electron chi connectivity index (χ0n) is 18.9. The first-order valence-electron chi connectivity index (χ1n) is 10.9. The minimum atomic E-state index is -0.962. The van der Waals surface area contributed by atoms with Crippen molar-refractivity contribution in [2.45, 2.75) is 26.0 Å². The Hall–Kier alpha value is -1.40. The maximum absolute atomic E-state index is 10.8. The van der Waals surface area contributed by atoms with Crippen LogP contribution in [0.5, 0.6) is 5.75 Å². The number of para-hydroxylation sites is 1. The first kappa shape index (κ1) is 26.8. The lowest BCUT2D eigenvalue weighted by Crippen LogP contribution is -2.44. The van der Waals surface area contributed by atoms with Crippen LogP contribution in [0, 0.1) is 0 Å². The number of morpholine rings is 1. The number of aliphatic hydroxyl groups is 1. The zero-order valence-corrected chi connectivity index (χ0v) is 22.0. The molecule has 32 heavy (non-hydrogen) atoms.